The third-order valence-electron chi connectivity index (χ3n) is 2.33. The fraction of sp³-hybridized carbons (Fsp3) is 0.231. The van der Waals surface area contributed by atoms with Crippen molar-refractivity contribution in [2.24, 2.45) is 5.73 Å². The lowest BCUT2D eigenvalue weighted by Crippen LogP contribution is -1.95. The first-order valence-corrected chi connectivity index (χ1v) is 7.45. The molecule has 0 aliphatic rings. The molecule has 0 saturated heterocycles. The molecule has 6 heteroatoms. The summed E-state index contributed by atoms with van der Waals surface area (Å²) < 4.78 is 6.19. The molecule has 0 atom stereocenters. The Labute approximate surface area is 120 Å². The molecular weight excluding hydrogens is 278 g/mol. The molecule has 0 aliphatic carbocycles. The van der Waals surface area contributed by atoms with E-state index in [0.29, 0.717) is 6.54 Å². The Bertz CT molecular complexity index is 588. The highest BCUT2D eigenvalue weighted by Gasteiger charge is 2.05. The lowest BCUT2D eigenvalue weighted by Gasteiger charge is -2.06. The van der Waals surface area contributed by atoms with E-state index in [2.05, 4.69) is 22.0 Å². The van der Waals surface area contributed by atoms with Gasteiger partial charge < -0.3 is 10.5 Å². The van der Waals surface area contributed by atoms with Crippen molar-refractivity contribution >= 4 is 23.1 Å². The number of hydrogen-bond acceptors (Lipinski definition) is 6. The maximum Gasteiger partial charge on any atom is 0.174 e. The van der Waals surface area contributed by atoms with Crippen molar-refractivity contribution in [3.8, 4) is 17.6 Å². The zero-order chi connectivity index (χ0) is 13.5. The molecule has 0 fully saturated rings. The zero-order valence-corrected chi connectivity index (χ0v) is 12.1. The van der Waals surface area contributed by atoms with Crippen LogP contribution >= 0.6 is 23.1 Å². The van der Waals surface area contributed by atoms with Gasteiger partial charge in [-0.25, -0.2) is 0 Å². The summed E-state index contributed by atoms with van der Waals surface area (Å²) in [6.45, 7) is 0.356. The van der Waals surface area contributed by atoms with Crippen LogP contribution in [0.1, 0.15) is 11.1 Å². The van der Waals surface area contributed by atoms with Gasteiger partial charge in [0, 0.05) is 11.3 Å². The average molecular weight is 291 g/mol. The van der Waals surface area contributed by atoms with Crippen LogP contribution in [0.2, 0.25) is 0 Å². The molecule has 2 aromatic rings. The maximum atomic E-state index is 5.41. The van der Waals surface area contributed by atoms with E-state index in [-0.39, 0.29) is 0 Å². The Hall–Kier alpha value is -1.55. The van der Waals surface area contributed by atoms with Crippen molar-refractivity contribution in [1.82, 2.24) is 10.2 Å². The van der Waals surface area contributed by atoms with Gasteiger partial charge in [0.05, 0.1) is 13.7 Å². The number of rotatable bonds is 4. The number of nitrogens with two attached hydrogens (primary N) is 1. The topological polar surface area (TPSA) is 61.0 Å². The van der Waals surface area contributed by atoms with Crippen LogP contribution < -0.4 is 10.5 Å². The van der Waals surface area contributed by atoms with E-state index in [4.69, 9.17) is 10.5 Å². The molecule has 0 amide bonds. The quantitative estimate of drug-likeness (QED) is 0.691. The highest BCUT2D eigenvalue weighted by molar-refractivity contribution is 8.00. The second-order valence-corrected chi connectivity index (χ2v) is 5.58. The number of thioether (sulfide) groups is 1. The molecule has 1 heterocycles. The summed E-state index contributed by atoms with van der Waals surface area (Å²) in [7, 11) is 1.65. The first-order chi connectivity index (χ1) is 9.33. The SMILES string of the molecule is COc1ccc(C#CCN)c(CSc2nncs2)c1. The largest absolute Gasteiger partial charge is 0.497 e. The van der Waals surface area contributed by atoms with E-state index in [1.807, 2.05) is 18.2 Å². The van der Waals surface area contributed by atoms with Gasteiger partial charge in [-0.1, -0.05) is 34.9 Å². The van der Waals surface area contributed by atoms with Crippen molar-refractivity contribution in [3.05, 3.63) is 34.8 Å². The highest BCUT2D eigenvalue weighted by atomic mass is 32.2. The molecule has 1 aromatic heterocycles. The molecule has 1 aromatic carbocycles. The Kier molecular flexibility index (Phi) is 5.21. The van der Waals surface area contributed by atoms with E-state index in [1.165, 1.54) is 11.3 Å². The van der Waals surface area contributed by atoms with Crippen molar-refractivity contribution < 1.29 is 4.74 Å². The lowest BCUT2D eigenvalue weighted by molar-refractivity contribution is 0.414. The predicted octanol–water partition coefficient (Wildman–Crippen LogP) is 2.15. The van der Waals surface area contributed by atoms with Gasteiger partial charge in [0.2, 0.25) is 0 Å². The smallest absolute Gasteiger partial charge is 0.174 e. The number of aromatic nitrogens is 2. The standard InChI is InChI=1S/C13H13N3OS2/c1-17-12-5-4-10(3-2-6-14)11(7-12)8-18-13-16-15-9-19-13/h4-5,7,9H,6,8,14H2,1H3. The monoisotopic (exact) mass is 291 g/mol. The zero-order valence-electron chi connectivity index (χ0n) is 10.4. The highest BCUT2D eigenvalue weighted by Crippen LogP contribution is 2.27. The number of hydrogen-bond donors (Lipinski definition) is 1. The summed E-state index contributed by atoms with van der Waals surface area (Å²) in [5.41, 5.74) is 9.23. The summed E-state index contributed by atoms with van der Waals surface area (Å²) >= 11 is 3.17. The van der Waals surface area contributed by atoms with Gasteiger partial charge >= 0.3 is 0 Å². The van der Waals surface area contributed by atoms with Gasteiger partial charge in [-0.3, -0.25) is 0 Å². The predicted molar refractivity (Wildman–Crippen MR) is 78.4 cm³/mol. The van der Waals surface area contributed by atoms with Gasteiger partial charge in [-0.2, -0.15) is 0 Å². The number of nitrogens with zero attached hydrogens (tertiary/aromatic N) is 2. The summed E-state index contributed by atoms with van der Waals surface area (Å²) in [6.07, 6.45) is 0. The van der Waals surface area contributed by atoms with Crippen LogP contribution in [0.4, 0.5) is 0 Å². The normalized spacial score (nSPS) is 9.79. The van der Waals surface area contributed by atoms with E-state index in [0.717, 1.165) is 27.0 Å². The van der Waals surface area contributed by atoms with Crippen LogP contribution in [0.15, 0.2) is 28.0 Å². The van der Waals surface area contributed by atoms with Crippen molar-refractivity contribution in [2.45, 2.75) is 10.1 Å². The van der Waals surface area contributed by atoms with E-state index < -0.39 is 0 Å². The van der Waals surface area contributed by atoms with Gasteiger partial charge in [0.15, 0.2) is 4.34 Å². The van der Waals surface area contributed by atoms with Gasteiger partial charge in [0.25, 0.3) is 0 Å². The molecule has 4 nitrogen and oxygen atoms in total. The fourth-order valence-corrected chi connectivity index (χ4v) is 2.93. The molecule has 2 N–H and O–H groups in total. The molecule has 98 valence electrons. The first kappa shape index (κ1) is 13.9. The van der Waals surface area contributed by atoms with Crippen LogP contribution in [0, 0.1) is 11.8 Å². The van der Waals surface area contributed by atoms with Crippen LogP contribution in [-0.2, 0) is 5.75 Å². The molecule has 0 saturated carbocycles. The molecule has 0 unspecified atom stereocenters. The third kappa shape index (κ3) is 3.96. The molecule has 0 spiro atoms. The Balaban J connectivity index is 2.19. The number of benzene rings is 1. The number of methoxy groups -OCH3 is 1. The van der Waals surface area contributed by atoms with Gasteiger partial charge in [-0.05, 0) is 23.8 Å². The van der Waals surface area contributed by atoms with Crippen molar-refractivity contribution in [1.29, 1.82) is 0 Å². The molecule has 0 bridgehead atoms. The Morgan fingerprint density at radius 1 is 1.47 bits per heavy atom. The maximum absolute atomic E-state index is 5.41. The molecule has 0 radical (unpaired) electrons. The first-order valence-electron chi connectivity index (χ1n) is 5.58. The molecular formula is C13H13N3OS2. The van der Waals surface area contributed by atoms with Gasteiger partial charge in [0.1, 0.15) is 11.3 Å². The van der Waals surface area contributed by atoms with Crippen LogP contribution in [-0.4, -0.2) is 23.9 Å². The van der Waals surface area contributed by atoms with Crippen molar-refractivity contribution in [3.63, 3.8) is 0 Å². The van der Waals surface area contributed by atoms with E-state index in [1.54, 1.807) is 24.4 Å². The van der Waals surface area contributed by atoms with Gasteiger partial charge in [-0.15, -0.1) is 10.2 Å². The summed E-state index contributed by atoms with van der Waals surface area (Å²) in [4.78, 5) is 0. The second-order valence-electron chi connectivity index (χ2n) is 3.52. The molecule has 19 heavy (non-hydrogen) atoms. The minimum Gasteiger partial charge on any atom is -0.497 e. The summed E-state index contributed by atoms with van der Waals surface area (Å²) in [5, 5.41) is 7.83. The molecule has 0 aliphatic heterocycles. The molecule has 2 rings (SSSR count). The minimum atomic E-state index is 0.356. The Morgan fingerprint density at radius 3 is 3.05 bits per heavy atom. The lowest BCUT2D eigenvalue weighted by atomic mass is 10.1. The van der Waals surface area contributed by atoms with Crippen LogP contribution in [0.3, 0.4) is 0 Å². The van der Waals surface area contributed by atoms with E-state index in [9.17, 15) is 0 Å². The second kappa shape index (κ2) is 7.14. The average Bonchev–Trinajstić information content (AvgIpc) is 2.96. The summed E-state index contributed by atoms with van der Waals surface area (Å²) in [5.74, 6) is 7.56. The number of ether oxygens (including phenoxy) is 1. The summed E-state index contributed by atoms with van der Waals surface area (Å²) in [6, 6.07) is 5.85. The van der Waals surface area contributed by atoms with Crippen molar-refractivity contribution in [2.75, 3.05) is 13.7 Å². The fourth-order valence-electron chi connectivity index (χ4n) is 1.45. The third-order valence-corrected chi connectivity index (χ3v) is 4.24. The van der Waals surface area contributed by atoms with E-state index >= 15 is 0 Å². The Morgan fingerprint density at radius 2 is 2.37 bits per heavy atom. The minimum absolute atomic E-state index is 0.356. The van der Waals surface area contributed by atoms with Crippen LogP contribution in [0.5, 0.6) is 5.75 Å². The van der Waals surface area contributed by atoms with Crippen LogP contribution in [0.25, 0.3) is 0 Å².